The number of carbonyl (C=O) groups is 3. The van der Waals surface area contributed by atoms with Gasteiger partial charge in [-0.25, -0.2) is 9.59 Å². The molecule has 0 aromatic carbocycles. The molecule has 1 aromatic heterocycles. The van der Waals surface area contributed by atoms with Crippen LogP contribution in [0.3, 0.4) is 0 Å². The van der Waals surface area contributed by atoms with Gasteiger partial charge in [0.05, 0.1) is 13.0 Å². The minimum atomic E-state index is -1.47. The van der Waals surface area contributed by atoms with E-state index in [9.17, 15) is 14.4 Å². The molecule has 1 rings (SSSR count). The molecule has 0 aliphatic heterocycles. The fourth-order valence-corrected chi connectivity index (χ4v) is 1.51. The first-order valence-electron chi connectivity index (χ1n) is 5.81. The number of hydrogen-bond donors (Lipinski definition) is 3. The minimum absolute atomic E-state index is 0.152. The number of aryl methyl sites for hydroxylation is 1. The summed E-state index contributed by atoms with van der Waals surface area (Å²) in [6, 6.07) is 1.28. The molecule has 0 radical (unpaired) electrons. The van der Waals surface area contributed by atoms with Gasteiger partial charge < -0.3 is 24.8 Å². The Morgan fingerprint density at radius 2 is 2.00 bits per heavy atom. The van der Waals surface area contributed by atoms with Gasteiger partial charge in [-0.1, -0.05) is 0 Å². The summed E-state index contributed by atoms with van der Waals surface area (Å²) in [6.07, 6.45) is -0.686. The van der Waals surface area contributed by atoms with Gasteiger partial charge in [-0.05, 0) is 19.1 Å². The Kier molecular flexibility index (Phi) is 5.13. The van der Waals surface area contributed by atoms with E-state index in [-0.39, 0.29) is 6.54 Å². The number of nitrogens with zero attached hydrogens (tertiary/aromatic N) is 1. The monoisotopic (exact) mass is 284 g/mol. The van der Waals surface area contributed by atoms with Gasteiger partial charge in [-0.15, -0.1) is 0 Å². The summed E-state index contributed by atoms with van der Waals surface area (Å²) in [7, 11) is 1.45. The van der Waals surface area contributed by atoms with Crippen LogP contribution in [-0.4, -0.2) is 46.2 Å². The standard InChI is InChI=1S/C12H16N2O6/c1-7-3-4-8(20-7)6-14(2)12(19)13-9(11(17)18)5-10(15)16/h3-4,9H,5-6H2,1-2H3,(H,13,19)(H,15,16)(H,17,18). The summed E-state index contributed by atoms with van der Waals surface area (Å²) in [5.74, 6) is -1.46. The van der Waals surface area contributed by atoms with E-state index in [0.717, 1.165) is 0 Å². The molecule has 20 heavy (non-hydrogen) atoms. The van der Waals surface area contributed by atoms with E-state index in [1.54, 1.807) is 19.1 Å². The summed E-state index contributed by atoms with van der Waals surface area (Å²) >= 11 is 0. The molecule has 0 bridgehead atoms. The van der Waals surface area contributed by atoms with Gasteiger partial charge in [0, 0.05) is 7.05 Å². The maximum atomic E-state index is 11.8. The van der Waals surface area contributed by atoms with Crippen LogP contribution < -0.4 is 5.32 Å². The van der Waals surface area contributed by atoms with E-state index in [0.29, 0.717) is 11.5 Å². The second kappa shape index (κ2) is 6.60. The van der Waals surface area contributed by atoms with E-state index in [1.165, 1.54) is 11.9 Å². The van der Waals surface area contributed by atoms with Crippen LogP contribution in [0, 0.1) is 6.92 Å². The minimum Gasteiger partial charge on any atom is -0.481 e. The maximum Gasteiger partial charge on any atom is 0.326 e. The third kappa shape index (κ3) is 4.63. The third-order valence-electron chi connectivity index (χ3n) is 2.51. The second-order valence-corrected chi connectivity index (χ2v) is 4.31. The normalized spacial score (nSPS) is 11.7. The highest BCUT2D eigenvalue weighted by Crippen LogP contribution is 2.08. The smallest absolute Gasteiger partial charge is 0.326 e. The lowest BCUT2D eigenvalue weighted by atomic mass is 10.2. The molecule has 1 atom stereocenters. The van der Waals surface area contributed by atoms with Crippen LogP contribution in [0.1, 0.15) is 17.9 Å². The number of urea groups is 1. The molecular weight excluding hydrogens is 268 g/mol. The van der Waals surface area contributed by atoms with E-state index in [4.69, 9.17) is 14.6 Å². The van der Waals surface area contributed by atoms with Crippen LogP contribution in [0.4, 0.5) is 4.79 Å². The quantitative estimate of drug-likeness (QED) is 0.705. The Morgan fingerprint density at radius 3 is 2.45 bits per heavy atom. The molecule has 1 unspecified atom stereocenters. The zero-order chi connectivity index (χ0) is 15.3. The number of rotatable bonds is 6. The van der Waals surface area contributed by atoms with Crippen molar-refractivity contribution in [1.82, 2.24) is 10.2 Å². The van der Waals surface area contributed by atoms with Crippen LogP contribution >= 0.6 is 0 Å². The van der Waals surface area contributed by atoms with Gasteiger partial charge >= 0.3 is 18.0 Å². The Balaban J connectivity index is 2.59. The lowest BCUT2D eigenvalue weighted by Gasteiger charge is -2.19. The fraction of sp³-hybridized carbons (Fsp3) is 0.417. The second-order valence-electron chi connectivity index (χ2n) is 4.31. The average Bonchev–Trinajstić information content (AvgIpc) is 2.72. The summed E-state index contributed by atoms with van der Waals surface area (Å²) in [6.45, 7) is 1.91. The number of furan rings is 1. The van der Waals surface area contributed by atoms with Gasteiger partial charge in [0.1, 0.15) is 17.6 Å². The van der Waals surface area contributed by atoms with Crippen molar-refractivity contribution in [3.63, 3.8) is 0 Å². The first kappa shape index (κ1) is 15.5. The van der Waals surface area contributed by atoms with Crippen molar-refractivity contribution in [2.75, 3.05) is 7.05 Å². The molecule has 8 heteroatoms. The Hall–Kier alpha value is -2.51. The number of carboxylic acid groups (broad SMARTS) is 2. The molecule has 1 heterocycles. The van der Waals surface area contributed by atoms with Gasteiger partial charge in [-0.2, -0.15) is 0 Å². The molecule has 0 saturated heterocycles. The predicted molar refractivity (Wildman–Crippen MR) is 67.1 cm³/mol. The summed E-state index contributed by atoms with van der Waals surface area (Å²) in [5.41, 5.74) is 0. The van der Waals surface area contributed by atoms with Crippen molar-refractivity contribution >= 4 is 18.0 Å². The first-order chi connectivity index (χ1) is 9.29. The molecule has 110 valence electrons. The van der Waals surface area contributed by atoms with Crippen molar-refractivity contribution in [3.8, 4) is 0 Å². The first-order valence-corrected chi connectivity index (χ1v) is 5.81. The van der Waals surface area contributed by atoms with Crippen LogP contribution in [0.15, 0.2) is 16.5 Å². The summed E-state index contributed by atoms with van der Waals surface area (Å²) in [5, 5.41) is 19.5. The predicted octanol–water partition coefficient (Wildman–Crippen LogP) is 0.657. The third-order valence-corrected chi connectivity index (χ3v) is 2.51. The molecule has 0 saturated carbocycles. The Labute approximate surface area is 115 Å². The molecule has 8 nitrogen and oxygen atoms in total. The lowest BCUT2D eigenvalue weighted by Crippen LogP contribution is -2.47. The highest BCUT2D eigenvalue weighted by atomic mass is 16.4. The Bertz CT molecular complexity index is 510. The summed E-state index contributed by atoms with van der Waals surface area (Å²) < 4.78 is 5.29. The van der Waals surface area contributed by atoms with Gasteiger partial charge in [0.2, 0.25) is 0 Å². The highest BCUT2D eigenvalue weighted by Gasteiger charge is 2.24. The van der Waals surface area contributed by atoms with Crippen LogP contribution in [0.5, 0.6) is 0 Å². The molecule has 0 fully saturated rings. The van der Waals surface area contributed by atoms with Crippen LogP contribution in [0.25, 0.3) is 0 Å². The molecule has 0 aliphatic carbocycles. The largest absolute Gasteiger partial charge is 0.481 e. The van der Waals surface area contributed by atoms with E-state index in [2.05, 4.69) is 5.32 Å². The average molecular weight is 284 g/mol. The SMILES string of the molecule is Cc1ccc(CN(C)C(=O)NC(CC(=O)O)C(=O)O)o1. The number of carboxylic acids is 2. The molecule has 1 aromatic rings. The number of carbonyl (C=O) groups excluding carboxylic acids is 1. The zero-order valence-electron chi connectivity index (χ0n) is 11.1. The summed E-state index contributed by atoms with van der Waals surface area (Å²) in [4.78, 5) is 34.3. The fourth-order valence-electron chi connectivity index (χ4n) is 1.51. The van der Waals surface area contributed by atoms with Crippen LogP contribution in [0.2, 0.25) is 0 Å². The van der Waals surface area contributed by atoms with Crippen molar-refractivity contribution in [2.45, 2.75) is 25.9 Å². The van der Waals surface area contributed by atoms with Gasteiger partial charge in [0.25, 0.3) is 0 Å². The highest BCUT2D eigenvalue weighted by molar-refractivity contribution is 5.86. The van der Waals surface area contributed by atoms with E-state index >= 15 is 0 Å². The molecule has 0 aliphatic rings. The van der Waals surface area contributed by atoms with Crippen molar-refractivity contribution in [1.29, 1.82) is 0 Å². The molecule has 0 spiro atoms. The van der Waals surface area contributed by atoms with E-state index in [1.807, 2.05) is 0 Å². The zero-order valence-corrected chi connectivity index (χ0v) is 11.1. The van der Waals surface area contributed by atoms with Crippen LogP contribution in [-0.2, 0) is 16.1 Å². The van der Waals surface area contributed by atoms with E-state index < -0.39 is 30.4 Å². The van der Waals surface area contributed by atoms with Gasteiger partial charge in [-0.3, -0.25) is 4.79 Å². The lowest BCUT2D eigenvalue weighted by molar-refractivity contribution is -0.145. The van der Waals surface area contributed by atoms with Crippen molar-refractivity contribution in [2.24, 2.45) is 0 Å². The number of nitrogens with one attached hydrogen (secondary N) is 1. The van der Waals surface area contributed by atoms with Crippen molar-refractivity contribution in [3.05, 3.63) is 23.7 Å². The molecule has 3 N–H and O–H groups in total. The van der Waals surface area contributed by atoms with Gasteiger partial charge in [0.15, 0.2) is 0 Å². The number of aliphatic carboxylic acids is 2. The molecule has 2 amide bonds. The maximum absolute atomic E-state index is 11.8. The number of hydrogen-bond acceptors (Lipinski definition) is 4. The molecular formula is C12H16N2O6. The topological polar surface area (TPSA) is 120 Å². The van der Waals surface area contributed by atoms with Crippen molar-refractivity contribution < 1.29 is 29.0 Å². The number of amides is 2. The Morgan fingerprint density at radius 1 is 1.35 bits per heavy atom.